The van der Waals surface area contributed by atoms with E-state index in [2.05, 4.69) is 0 Å². The van der Waals surface area contributed by atoms with Crippen molar-refractivity contribution in [2.45, 2.75) is 26.1 Å². The van der Waals surface area contributed by atoms with Gasteiger partial charge in [-0.15, -0.1) is 0 Å². The molecule has 3 nitrogen and oxygen atoms in total. The quantitative estimate of drug-likeness (QED) is 0.617. The Bertz CT molecular complexity index is 511. The summed E-state index contributed by atoms with van der Waals surface area (Å²) < 4.78 is 11.1. The van der Waals surface area contributed by atoms with Gasteiger partial charge < -0.3 is 14.6 Å². The van der Waals surface area contributed by atoms with Gasteiger partial charge in [-0.2, -0.15) is 0 Å². The van der Waals surface area contributed by atoms with Crippen LogP contribution in [-0.2, 0) is 11.3 Å². The highest BCUT2D eigenvalue weighted by molar-refractivity contribution is 5.34. The lowest BCUT2D eigenvalue weighted by Gasteiger charge is -2.14. The monoisotopic (exact) mass is 272 g/mol. The molecule has 0 aliphatic rings. The van der Waals surface area contributed by atoms with Crippen molar-refractivity contribution in [1.29, 1.82) is 0 Å². The summed E-state index contributed by atoms with van der Waals surface area (Å²) in [6.45, 7) is 2.62. The van der Waals surface area contributed by atoms with Crippen LogP contribution < -0.4 is 4.74 Å². The van der Waals surface area contributed by atoms with Gasteiger partial charge in [0.05, 0.1) is 12.7 Å². The fraction of sp³-hybridized carbons (Fsp3) is 0.294. The second-order valence-corrected chi connectivity index (χ2v) is 4.56. The second-order valence-electron chi connectivity index (χ2n) is 4.56. The highest BCUT2D eigenvalue weighted by Crippen LogP contribution is 2.26. The molecule has 1 atom stereocenters. The van der Waals surface area contributed by atoms with Crippen molar-refractivity contribution in [1.82, 2.24) is 0 Å². The molecule has 0 saturated carbocycles. The van der Waals surface area contributed by atoms with Crippen LogP contribution in [0.2, 0.25) is 0 Å². The minimum Gasteiger partial charge on any atom is -0.467 e. The third-order valence-corrected chi connectivity index (χ3v) is 3.07. The largest absolute Gasteiger partial charge is 0.467 e. The van der Waals surface area contributed by atoms with Crippen molar-refractivity contribution in [3.05, 3.63) is 65.7 Å². The normalized spacial score (nSPS) is 12.1. The first-order valence-electron chi connectivity index (χ1n) is 6.82. The summed E-state index contributed by atoms with van der Waals surface area (Å²) in [4.78, 5) is 0. The number of aliphatic hydroxyl groups is 1. The summed E-state index contributed by atoms with van der Waals surface area (Å²) in [5.74, 6) is 0.676. The minimum absolute atomic E-state index is 0.169. The topological polar surface area (TPSA) is 38.7 Å². The van der Waals surface area contributed by atoms with Crippen LogP contribution in [0.3, 0.4) is 0 Å². The Morgan fingerprint density at radius 3 is 2.45 bits per heavy atom. The SMILES string of the molecule is CCC(O)c1ccccc1OCOCc1ccccc1. The highest BCUT2D eigenvalue weighted by atomic mass is 16.7. The Kier molecular flexibility index (Phi) is 5.59. The zero-order valence-corrected chi connectivity index (χ0v) is 11.7. The molecule has 0 amide bonds. The molecule has 0 bridgehead atoms. The number of benzene rings is 2. The predicted molar refractivity (Wildman–Crippen MR) is 78.4 cm³/mol. The Hall–Kier alpha value is -1.84. The zero-order chi connectivity index (χ0) is 14.2. The molecule has 0 saturated heterocycles. The maximum absolute atomic E-state index is 9.92. The number of hydrogen-bond acceptors (Lipinski definition) is 3. The number of ether oxygens (including phenoxy) is 2. The van der Waals surface area contributed by atoms with Crippen molar-refractivity contribution in [2.75, 3.05) is 6.79 Å². The molecule has 2 aromatic rings. The van der Waals surface area contributed by atoms with Gasteiger partial charge in [0.2, 0.25) is 0 Å². The molecule has 0 aliphatic heterocycles. The average Bonchev–Trinajstić information content (AvgIpc) is 2.52. The fourth-order valence-corrected chi connectivity index (χ4v) is 1.95. The van der Waals surface area contributed by atoms with E-state index in [1.54, 1.807) is 0 Å². The average molecular weight is 272 g/mol. The second kappa shape index (κ2) is 7.68. The Morgan fingerprint density at radius 2 is 1.70 bits per heavy atom. The molecular formula is C17H20O3. The van der Waals surface area contributed by atoms with E-state index >= 15 is 0 Å². The van der Waals surface area contributed by atoms with Crippen LogP contribution in [0.5, 0.6) is 5.75 Å². The third-order valence-electron chi connectivity index (χ3n) is 3.07. The van der Waals surface area contributed by atoms with E-state index in [1.807, 2.05) is 61.5 Å². The lowest BCUT2D eigenvalue weighted by Crippen LogP contribution is -2.06. The van der Waals surface area contributed by atoms with Crippen LogP contribution in [0, 0.1) is 0 Å². The lowest BCUT2D eigenvalue weighted by molar-refractivity contribution is 0.00318. The summed E-state index contributed by atoms with van der Waals surface area (Å²) in [6, 6.07) is 17.5. The Labute approximate surface area is 119 Å². The van der Waals surface area contributed by atoms with Crippen LogP contribution in [-0.4, -0.2) is 11.9 Å². The van der Waals surface area contributed by atoms with E-state index in [9.17, 15) is 5.11 Å². The number of aliphatic hydroxyl groups excluding tert-OH is 1. The molecule has 1 N–H and O–H groups in total. The molecule has 0 aliphatic carbocycles. The Balaban J connectivity index is 1.85. The Morgan fingerprint density at radius 1 is 1.00 bits per heavy atom. The van der Waals surface area contributed by atoms with Crippen LogP contribution >= 0.6 is 0 Å². The van der Waals surface area contributed by atoms with Crippen LogP contribution in [0.1, 0.15) is 30.6 Å². The van der Waals surface area contributed by atoms with Crippen LogP contribution in [0.25, 0.3) is 0 Å². The van der Waals surface area contributed by atoms with E-state index in [4.69, 9.17) is 9.47 Å². The first-order chi connectivity index (χ1) is 9.81. The predicted octanol–water partition coefficient (Wildman–Crippen LogP) is 3.68. The van der Waals surface area contributed by atoms with Crippen LogP contribution in [0.15, 0.2) is 54.6 Å². The van der Waals surface area contributed by atoms with Crippen molar-refractivity contribution in [3.63, 3.8) is 0 Å². The van der Waals surface area contributed by atoms with Gasteiger partial charge in [-0.3, -0.25) is 0 Å². The highest BCUT2D eigenvalue weighted by Gasteiger charge is 2.10. The molecule has 0 radical (unpaired) electrons. The van der Waals surface area contributed by atoms with Gasteiger partial charge in [0.1, 0.15) is 5.75 Å². The van der Waals surface area contributed by atoms with Gasteiger partial charge in [0.15, 0.2) is 6.79 Å². The van der Waals surface area contributed by atoms with Crippen molar-refractivity contribution >= 4 is 0 Å². The number of para-hydroxylation sites is 1. The molecule has 0 fully saturated rings. The lowest BCUT2D eigenvalue weighted by atomic mass is 10.1. The van der Waals surface area contributed by atoms with Gasteiger partial charge in [0, 0.05) is 5.56 Å². The molecule has 2 rings (SSSR count). The summed E-state index contributed by atoms with van der Waals surface area (Å²) in [5, 5.41) is 9.92. The summed E-state index contributed by atoms with van der Waals surface area (Å²) in [5.41, 5.74) is 1.91. The van der Waals surface area contributed by atoms with Crippen molar-refractivity contribution in [2.24, 2.45) is 0 Å². The van der Waals surface area contributed by atoms with E-state index < -0.39 is 6.10 Å². The standard InChI is InChI=1S/C17H20O3/c1-2-16(18)15-10-6-7-11-17(15)20-13-19-12-14-8-4-3-5-9-14/h3-11,16,18H,2,12-13H2,1H3. The van der Waals surface area contributed by atoms with Crippen LogP contribution in [0.4, 0.5) is 0 Å². The van der Waals surface area contributed by atoms with Crippen molar-refractivity contribution in [3.8, 4) is 5.75 Å². The number of hydrogen-bond donors (Lipinski definition) is 1. The molecule has 0 spiro atoms. The molecule has 20 heavy (non-hydrogen) atoms. The summed E-state index contributed by atoms with van der Waals surface area (Å²) in [6.07, 6.45) is 0.158. The zero-order valence-electron chi connectivity index (χ0n) is 11.7. The first-order valence-corrected chi connectivity index (χ1v) is 6.82. The molecule has 106 valence electrons. The van der Waals surface area contributed by atoms with E-state index in [1.165, 1.54) is 0 Å². The minimum atomic E-state index is -0.500. The van der Waals surface area contributed by atoms with E-state index in [0.717, 1.165) is 11.1 Å². The molecule has 2 aromatic carbocycles. The molecule has 3 heteroatoms. The van der Waals surface area contributed by atoms with E-state index in [0.29, 0.717) is 18.8 Å². The van der Waals surface area contributed by atoms with E-state index in [-0.39, 0.29) is 6.79 Å². The summed E-state index contributed by atoms with van der Waals surface area (Å²) in [7, 11) is 0. The molecule has 0 heterocycles. The smallest absolute Gasteiger partial charge is 0.189 e. The third kappa shape index (κ3) is 4.08. The van der Waals surface area contributed by atoms with Gasteiger partial charge in [-0.1, -0.05) is 55.5 Å². The van der Waals surface area contributed by atoms with Gasteiger partial charge in [-0.05, 0) is 18.1 Å². The fourth-order valence-electron chi connectivity index (χ4n) is 1.95. The maximum Gasteiger partial charge on any atom is 0.189 e. The van der Waals surface area contributed by atoms with Crippen molar-refractivity contribution < 1.29 is 14.6 Å². The maximum atomic E-state index is 9.92. The molecule has 1 unspecified atom stereocenters. The van der Waals surface area contributed by atoms with Gasteiger partial charge in [0.25, 0.3) is 0 Å². The number of rotatable bonds is 7. The summed E-state index contributed by atoms with van der Waals surface area (Å²) >= 11 is 0. The van der Waals surface area contributed by atoms with Gasteiger partial charge >= 0.3 is 0 Å². The van der Waals surface area contributed by atoms with Gasteiger partial charge in [-0.25, -0.2) is 0 Å². The molecule has 0 aromatic heterocycles. The molecular weight excluding hydrogens is 252 g/mol. The first kappa shape index (κ1) is 14.6.